The largest absolute Gasteiger partial charge is 0.323 e. The fraction of sp³-hybridized carbons (Fsp3) is 0.176. The van der Waals surface area contributed by atoms with Crippen molar-refractivity contribution in [2.45, 2.75) is 6.42 Å². The first-order valence-corrected chi connectivity index (χ1v) is 7.96. The van der Waals surface area contributed by atoms with E-state index in [2.05, 4.69) is 21.2 Å². The van der Waals surface area contributed by atoms with Gasteiger partial charge in [0.1, 0.15) is 5.82 Å². The van der Waals surface area contributed by atoms with Gasteiger partial charge in [0.15, 0.2) is 0 Å². The number of para-hydroxylation sites is 2. The van der Waals surface area contributed by atoms with Crippen LogP contribution < -0.4 is 10.2 Å². The Bertz CT molecular complexity index is 766. The molecule has 0 saturated carbocycles. The molecule has 118 valence electrons. The highest BCUT2D eigenvalue weighted by atomic mass is 79.9. The molecule has 1 heterocycles. The number of rotatable bonds is 3. The zero-order chi connectivity index (χ0) is 16.4. The second kappa shape index (κ2) is 6.50. The van der Waals surface area contributed by atoms with Crippen molar-refractivity contribution in [2.24, 2.45) is 5.92 Å². The number of nitrogens with zero attached hydrogens (tertiary/aromatic N) is 1. The first-order chi connectivity index (χ1) is 11.1. The summed E-state index contributed by atoms with van der Waals surface area (Å²) in [7, 11) is 0. The van der Waals surface area contributed by atoms with Crippen molar-refractivity contribution < 1.29 is 14.0 Å². The Hall–Kier alpha value is -2.21. The summed E-state index contributed by atoms with van der Waals surface area (Å²) < 4.78 is 14.4. The molecule has 2 aromatic rings. The van der Waals surface area contributed by atoms with Crippen molar-refractivity contribution in [1.82, 2.24) is 0 Å². The number of amides is 2. The van der Waals surface area contributed by atoms with Gasteiger partial charge in [0.05, 0.1) is 17.3 Å². The van der Waals surface area contributed by atoms with Crippen LogP contribution in [0.1, 0.15) is 6.42 Å². The Balaban J connectivity index is 1.74. The molecule has 1 N–H and O–H groups in total. The lowest BCUT2D eigenvalue weighted by atomic mass is 10.1. The maximum atomic E-state index is 13.6. The van der Waals surface area contributed by atoms with Gasteiger partial charge in [-0.15, -0.1) is 0 Å². The van der Waals surface area contributed by atoms with Crippen LogP contribution in [0.25, 0.3) is 0 Å². The average Bonchev–Trinajstić information content (AvgIpc) is 2.92. The SMILES string of the molecule is O=C(Nc1ccccc1F)[C@@H]1CC(=O)N(c2ccccc2Br)C1. The van der Waals surface area contributed by atoms with Gasteiger partial charge in [-0.1, -0.05) is 24.3 Å². The molecule has 23 heavy (non-hydrogen) atoms. The molecule has 0 spiro atoms. The van der Waals surface area contributed by atoms with E-state index in [-0.39, 0.29) is 30.5 Å². The Morgan fingerprint density at radius 3 is 2.61 bits per heavy atom. The summed E-state index contributed by atoms with van der Waals surface area (Å²) in [4.78, 5) is 26.1. The molecular formula is C17H14BrFN2O2. The van der Waals surface area contributed by atoms with Crippen LogP contribution in [-0.2, 0) is 9.59 Å². The lowest BCUT2D eigenvalue weighted by molar-refractivity contribution is -0.122. The maximum absolute atomic E-state index is 13.6. The minimum absolute atomic E-state index is 0.113. The van der Waals surface area contributed by atoms with Crippen LogP contribution in [0.4, 0.5) is 15.8 Å². The van der Waals surface area contributed by atoms with Gasteiger partial charge in [-0.05, 0) is 40.2 Å². The van der Waals surface area contributed by atoms with E-state index in [9.17, 15) is 14.0 Å². The lowest BCUT2D eigenvalue weighted by Crippen LogP contribution is -2.28. The smallest absolute Gasteiger partial charge is 0.229 e. The van der Waals surface area contributed by atoms with Gasteiger partial charge in [0.2, 0.25) is 11.8 Å². The summed E-state index contributed by atoms with van der Waals surface area (Å²) in [5.41, 5.74) is 0.864. The topological polar surface area (TPSA) is 49.4 Å². The number of nitrogens with one attached hydrogen (secondary N) is 1. The monoisotopic (exact) mass is 376 g/mol. The van der Waals surface area contributed by atoms with Crippen LogP contribution in [0.5, 0.6) is 0 Å². The quantitative estimate of drug-likeness (QED) is 0.889. The minimum Gasteiger partial charge on any atom is -0.323 e. The van der Waals surface area contributed by atoms with E-state index in [0.29, 0.717) is 0 Å². The van der Waals surface area contributed by atoms with Crippen LogP contribution in [0.15, 0.2) is 53.0 Å². The number of carbonyl (C=O) groups is 2. The van der Waals surface area contributed by atoms with E-state index in [4.69, 9.17) is 0 Å². The predicted molar refractivity (Wildman–Crippen MR) is 89.6 cm³/mol. The molecule has 1 saturated heterocycles. The number of hydrogen-bond acceptors (Lipinski definition) is 2. The number of carbonyl (C=O) groups excluding carboxylic acids is 2. The van der Waals surface area contributed by atoms with Gasteiger partial charge in [-0.2, -0.15) is 0 Å². The summed E-state index contributed by atoms with van der Waals surface area (Å²) in [6.07, 6.45) is 0.113. The summed E-state index contributed by atoms with van der Waals surface area (Å²) in [6.45, 7) is 0.279. The van der Waals surface area contributed by atoms with E-state index in [1.54, 1.807) is 17.0 Å². The Morgan fingerprint density at radius 2 is 1.87 bits per heavy atom. The fourth-order valence-corrected chi connectivity index (χ4v) is 3.08. The van der Waals surface area contributed by atoms with Crippen molar-refractivity contribution in [3.63, 3.8) is 0 Å². The van der Waals surface area contributed by atoms with Crippen molar-refractivity contribution in [1.29, 1.82) is 0 Å². The highest BCUT2D eigenvalue weighted by Crippen LogP contribution is 2.31. The average molecular weight is 377 g/mol. The molecule has 6 heteroatoms. The first kappa shape index (κ1) is 15.7. The second-order valence-electron chi connectivity index (χ2n) is 5.33. The molecule has 4 nitrogen and oxygen atoms in total. The normalized spacial score (nSPS) is 17.4. The molecule has 0 aromatic heterocycles. The van der Waals surface area contributed by atoms with Crippen LogP contribution in [0, 0.1) is 11.7 Å². The molecule has 2 aromatic carbocycles. The molecule has 1 atom stereocenters. The van der Waals surface area contributed by atoms with E-state index in [0.717, 1.165) is 10.2 Å². The molecule has 3 rings (SSSR count). The summed E-state index contributed by atoms with van der Waals surface area (Å²) in [5.74, 6) is -1.47. The third-order valence-corrected chi connectivity index (χ3v) is 4.44. The molecule has 0 radical (unpaired) electrons. The molecule has 1 aliphatic heterocycles. The van der Waals surface area contributed by atoms with Crippen LogP contribution in [-0.4, -0.2) is 18.4 Å². The van der Waals surface area contributed by atoms with E-state index >= 15 is 0 Å². The van der Waals surface area contributed by atoms with Crippen LogP contribution in [0.3, 0.4) is 0 Å². The molecule has 2 amide bonds. The molecule has 0 bridgehead atoms. The van der Waals surface area contributed by atoms with Gasteiger partial charge in [0, 0.05) is 17.4 Å². The molecule has 0 aliphatic carbocycles. The third-order valence-electron chi connectivity index (χ3n) is 3.77. The van der Waals surface area contributed by atoms with Gasteiger partial charge in [0.25, 0.3) is 0 Å². The number of halogens is 2. The summed E-state index contributed by atoms with van der Waals surface area (Å²) in [5, 5.41) is 2.55. The molecule has 1 fully saturated rings. The van der Waals surface area contributed by atoms with Crippen molar-refractivity contribution in [3.8, 4) is 0 Å². The maximum Gasteiger partial charge on any atom is 0.229 e. The highest BCUT2D eigenvalue weighted by molar-refractivity contribution is 9.10. The van der Waals surface area contributed by atoms with Crippen molar-refractivity contribution >= 4 is 39.1 Å². The van der Waals surface area contributed by atoms with Gasteiger partial charge in [-0.25, -0.2) is 4.39 Å². The van der Waals surface area contributed by atoms with Crippen molar-refractivity contribution in [3.05, 3.63) is 58.8 Å². The predicted octanol–water partition coefficient (Wildman–Crippen LogP) is 3.58. The Labute approximate surface area is 141 Å². The highest BCUT2D eigenvalue weighted by Gasteiger charge is 2.35. The van der Waals surface area contributed by atoms with Crippen molar-refractivity contribution in [2.75, 3.05) is 16.8 Å². The Morgan fingerprint density at radius 1 is 1.17 bits per heavy atom. The van der Waals surface area contributed by atoms with Gasteiger partial charge >= 0.3 is 0 Å². The molecule has 1 aliphatic rings. The Kier molecular flexibility index (Phi) is 4.43. The third kappa shape index (κ3) is 3.27. The summed E-state index contributed by atoms with van der Waals surface area (Å²) in [6, 6.07) is 13.3. The van der Waals surface area contributed by atoms with E-state index in [1.165, 1.54) is 12.1 Å². The van der Waals surface area contributed by atoms with Crippen LogP contribution in [0.2, 0.25) is 0 Å². The van der Waals surface area contributed by atoms with Gasteiger partial charge < -0.3 is 10.2 Å². The number of hydrogen-bond donors (Lipinski definition) is 1. The lowest BCUT2D eigenvalue weighted by Gasteiger charge is -2.18. The minimum atomic E-state index is -0.505. The van der Waals surface area contributed by atoms with Crippen LogP contribution >= 0.6 is 15.9 Å². The van der Waals surface area contributed by atoms with E-state index < -0.39 is 11.7 Å². The fourth-order valence-electron chi connectivity index (χ4n) is 2.58. The zero-order valence-corrected chi connectivity index (χ0v) is 13.7. The first-order valence-electron chi connectivity index (χ1n) is 7.16. The number of anilines is 2. The standard InChI is InChI=1S/C17H14BrFN2O2/c18-12-5-1-4-8-15(12)21-10-11(9-16(21)22)17(23)20-14-7-3-2-6-13(14)19/h1-8,11H,9-10H2,(H,20,23)/t11-/m1/s1. The molecule has 0 unspecified atom stereocenters. The second-order valence-corrected chi connectivity index (χ2v) is 6.18. The van der Waals surface area contributed by atoms with Gasteiger partial charge in [-0.3, -0.25) is 9.59 Å². The summed E-state index contributed by atoms with van der Waals surface area (Å²) >= 11 is 3.41. The zero-order valence-electron chi connectivity index (χ0n) is 12.1. The number of benzene rings is 2. The molecular weight excluding hydrogens is 363 g/mol. The van der Waals surface area contributed by atoms with E-state index in [1.807, 2.05) is 24.3 Å².